The summed E-state index contributed by atoms with van der Waals surface area (Å²) in [5.41, 5.74) is 0. The van der Waals surface area contributed by atoms with E-state index >= 15 is 0 Å². The molecule has 76 valence electrons. The molecule has 0 amide bonds. The number of nitro groups is 1. The first-order valence-electron chi connectivity index (χ1n) is 3.73. The van der Waals surface area contributed by atoms with Crippen LogP contribution in [0.1, 0.15) is 17.5 Å². The van der Waals surface area contributed by atoms with Gasteiger partial charge >= 0.3 is 11.9 Å². The number of carbonyl (C=O) groups excluding carboxylic acids is 1. The number of rotatable bonds is 4. The van der Waals surface area contributed by atoms with Crippen molar-refractivity contribution in [2.75, 3.05) is 5.75 Å². The van der Waals surface area contributed by atoms with Gasteiger partial charge in [0.15, 0.2) is 0 Å². The summed E-state index contributed by atoms with van der Waals surface area (Å²) in [6, 6.07) is 2.31. The highest BCUT2D eigenvalue weighted by atomic mass is 32.2. The van der Waals surface area contributed by atoms with Gasteiger partial charge < -0.3 is 8.60 Å². The van der Waals surface area contributed by atoms with Gasteiger partial charge in [0.1, 0.15) is 4.92 Å². The van der Waals surface area contributed by atoms with E-state index in [1.807, 2.05) is 6.92 Å². The van der Waals surface area contributed by atoms with Crippen LogP contribution in [0.25, 0.3) is 0 Å². The van der Waals surface area contributed by atoms with Gasteiger partial charge in [0.2, 0.25) is 5.76 Å². The summed E-state index contributed by atoms with van der Waals surface area (Å²) in [6.45, 7) is 1.81. The van der Waals surface area contributed by atoms with Crippen molar-refractivity contribution in [2.45, 2.75) is 6.92 Å². The van der Waals surface area contributed by atoms with Crippen LogP contribution in [0.5, 0.6) is 0 Å². The molecule has 0 aliphatic rings. The minimum absolute atomic E-state index is 0.169. The Bertz CT molecular complexity index is 348. The van der Waals surface area contributed by atoms with Crippen LogP contribution in [0.3, 0.4) is 0 Å². The van der Waals surface area contributed by atoms with E-state index in [-0.39, 0.29) is 5.76 Å². The molecular formula is C7H7NO5S. The third kappa shape index (κ3) is 2.49. The number of hydrogen-bond donors (Lipinski definition) is 0. The van der Waals surface area contributed by atoms with Gasteiger partial charge in [0, 0.05) is 5.75 Å². The summed E-state index contributed by atoms with van der Waals surface area (Å²) in [4.78, 5) is 20.6. The fourth-order valence-corrected chi connectivity index (χ4v) is 0.996. The molecule has 0 aliphatic carbocycles. The molecule has 1 aromatic rings. The molecule has 0 atom stereocenters. The van der Waals surface area contributed by atoms with E-state index in [1.54, 1.807) is 0 Å². The Morgan fingerprint density at radius 2 is 2.43 bits per heavy atom. The molecule has 6 nitrogen and oxygen atoms in total. The van der Waals surface area contributed by atoms with Crippen molar-refractivity contribution in [3.63, 3.8) is 0 Å². The summed E-state index contributed by atoms with van der Waals surface area (Å²) in [5, 5.41) is 10.2. The van der Waals surface area contributed by atoms with Crippen LogP contribution in [0.15, 0.2) is 16.5 Å². The van der Waals surface area contributed by atoms with E-state index in [9.17, 15) is 14.9 Å². The molecule has 0 N–H and O–H groups in total. The average Bonchev–Trinajstić information content (AvgIpc) is 2.62. The third-order valence-corrected chi connectivity index (χ3v) is 1.73. The molecule has 0 spiro atoms. The van der Waals surface area contributed by atoms with Crippen LogP contribution in [0, 0.1) is 10.1 Å². The number of furan rings is 1. The highest BCUT2D eigenvalue weighted by molar-refractivity contribution is 7.95. The van der Waals surface area contributed by atoms with Crippen molar-refractivity contribution in [1.29, 1.82) is 0 Å². The van der Waals surface area contributed by atoms with Gasteiger partial charge in [-0.3, -0.25) is 10.1 Å². The van der Waals surface area contributed by atoms with E-state index < -0.39 is 16.8 Å². The second-order valence-electron chi connectivity index (χ2n) is 2.17. The summed E-state index contributed by atoms with van der Waals surface area (Å²) >= 11 is 0.949. The van der Waals surface area contributed by atoms with E-state index in [4.69, 9.17) is 0 Å². The third-order valence-electron chi connectivity index (χ3n) is 1.23. The fraction of sp³-hybridized carbons (Fsp3) is 0.286. The quantitative estimate of drug-likeness (QED) is 0.436. The smallest absolute Gasteiger partial charge is 0.393 e. The second kappa shape index (κ2) is 4.66. The standard InChI is InChI=1S/C7H7NO5S/c1-2-14-13-7(9)5-3-4-6(12-5)8(10)11/h3-4H,2H2,1H3. The largest absolute Gasteiger partial charge is 0.433 e. The maximum Gasteiger partial charge on any atom is 0.433 e. The van der Waals surface area contributed by atoms with Gasteiger partial charge in [0.25, 0.3) is 0 Å². The maximum absolute atomic E-state index is 11.1. The minimum Gasteiger partial charge on any atom is -0.393 e. The van der Waals surface area contributed by atoms with Crippen LogP contribution in [0.4, 0.5) is 5.88 Å². The lowest BCUT2D eigenvalue weighted by Gasteiger charge is -1.95. The topological polar surface area (TPSA) is 82.6 Å². The average molecular weight is 217 g/mol. The van der Waals surface area contributed by atoms with Gasteiger partial charge in [0.05, 0.1) is 18.1 Å². The Labute approximate surface area is 83.6 Å². The normalized spacial score (nSPS) is 9.79. The number of nitrogens with zero attached hydrogens (tertiary/aromatic N) is 1. The van der Waals surface area contributed by atoms with Crippen LogP contribution < -0.4 is 0 Å². The Hall–Kier alpha value is -1.50. The Kier molecular flexibility index (Phi) is 3.52. The van der Waals surface area contributed by atoms with Crippen LogP contribution >= 0.6 is 12.0 Å². The molecule has 0 aromatic carbocycles. The van der Waals surface area contributed by atoms with Crippen molar-refractivity contribution in [3.8, 4) is 0 Å². The van der Waals surface area contributed by atoms with Gasteiger partial charge in [-0.1, -0.05) is 6.92 Å². The number of hydrogen-bond acceptors (Lipinski definition) is 6. The summed E-state index contributed by atoms with van der Waals surface area (Å²) in [6.07, 6.45) is 0. The fourth-order valence-electron chi connectivity index (χ4n) is 0.689. The highest BCUT2D eigenvalue weighted by Gasteiger charge is 2.18. The first-order valence-corrected chi connectivity index (χ1v) is 4.64. The second-order valence-corrected chi connectivity index (χ2v) is 3.15. The van der Waals surface area contributed by atoms with Crippen molar-refractivity contribution in [2.24, 2.45) is 0 Å². The summed E-state index contributed by atoms with van der Waals surface area (Å²) in [7, 11) is 0. The maximum atomic E-state index is 11.1. The molecule has 14 heavy (non-hydrogen) atoms. The van der Waals surface area contributed by atoms with E-state index in [1.165, 1.54) is 6.07 Å². The summed E-state index contributed by atoms with van der Waals surface area (Å²) in [5.74, 6) is -0.754. The molecule has 1 aromatic heterocycles. The van der Waals surface area contributed by atoms with Crippen molar-refractivity contribution in [1.82, 2.24) is 0 Å². The zero-order valence-corrected chi connectivity index (χ0v) is 8.08. The number of carbonyl (C=O) groups is 1. The zero-order chi connectivity index (χ0) is 10.6. The SMILES string of the molecule is CCSOC(=O)c1ccc([N+](=O)[O-])o1. The molecule has 0 saturated carbocycles. The Morgan fingerprint density at radius 1 is 1.71 bits per heavy atom. The zero-order valence-electron chi connectivity index (χ0n) is 7.26. The van der Waals surface area contributed by atoms with Crippen LogP contribution in [-0.4, -0.2) is 16.6 Å². The van der Waals surface area contributed by atoms with E-state index in [0.717, 1.165) is 18.1 Å². The lowest BCUT2D eigenvalue weighted by molar-refractivity contribution is -0.402. The van der Waals surface area contributed by atoms with E-state index in [2.05, 4.69) is 8.60 Å². The lowest BCUT2D eigenvalue weighted by Crippen LogP contribution is -1.97. The van der Waals surface area contributed by atoms with Crippen LogP contribution in [-0.2, 0) is 4.18 Å². The molecule has 0 fully saturated rings. The lowest BCUT2D eigenvalue weighted by atomic mass is 10.5. The van der Waals surface area contributed by atoms with Gasteiger partial charge in [-0.25, -0.2) is 4.79 Å². The molecule has 0 bridgehead atoms. The van der Waals surface area contributed by atoms with Crippen molar-refractivity contribution >= 4 is 23.9 Å². The van der Waals surface area contributed by atoms with Crippen LogP contribution in [0.2, 0.25) is 0 Å². The molecule has 1 heterocycles. The Morgan fingerprint density at radius 3 is 2.93 bits per heavy atom. The summed E-state index contributed by atoms with van der Waals surface area (Å²) < 4.78 is 9.25. The van der Waals surface area contributed by atoms with Crippen molar-refractivity contribution in [3.05, 3.63) is 28.0 Å². The minimum atomic E-state index is -0.719. The first-order chi connectivity index (χ1) is 6.65. The molecule has 7 heteroatoms. The monoisotopic (exact) mass is 217 g/mol. The molecular weight excluding hydrogens is 210 g/mol. The molecule has 0 unspecified atom stereocenters. The highest BCUT2D eigenvalue weighted by Crippen LogP contribution is 2.17. The molecule has 0 radical (unpaired) electrons. The predicted molar refractivity (Wildman–Crippen MR) is 48.9 cm³/mol. The molecule has 0 saturated heterocycles. The molecule has 0 aliphatic heterocycles. The van der Waals surface area contributed by atoms with Gasteiger partial charge in [-0.05, 0) is 6.07 Å². The first kappa shape index (κ1) is 10.6. The van der Waals surface area contributed by atoms with Gasteiger partial charge in [-0.15, -0.1) is 0 Å². The Balaban J connectivity index is 2.66. The molecule has 1 rings (SSSR count). The van der Waals surface area contributed by atoms with E-state index in [0.29, 0.717) is 5.75 Å². The van der Waals surface area contributed by atoms with Crippen molar-refractivity contribution < 1.29 is 18.3 Å². The van der Waals surface area contributed by atoms with Gasteiger partial charge in [-0.2, -0.15) is 0 Å². The predicted octanol–water partition coefficient (Wildman–Crippen LogP) is 2.01.